The summed E-state index contributed by atoms with van der Waals surface area (Å²) in [5.74, 6) is -1.02. The van der Waals surface area contributed by atoms with Crippen molar-refractivity contribution < 1.29 is 9.90 Å². The van der Waals surface area contributed by atoms with Gasteiger partial charge in [-0.1, -0.05) is 74.5 Å². The van der Waals surface area contributed by atoms with E-state index in [1.165, 1.54) is 5.56 Å². The first-order valence-corrected chi connectivity index (χ1v) is 8.92. The molecule has 24 heavy (non-hydrogen) atoms. The molecule has 0 spiro atoms. The Hall–Kier alpha value is -2.09. The summed E-state index contributed by atoms with van der Waals surface area (Å²) in [6, 6.07) is 20.4. The average molecular weight is 324 g/mol. The monoisotopic (exact) mass is 324 g/mol. The van der Waals surface area contributed by atoms with E-state index in [1.807, 2.05) is 48.5 Å². The van der Waals surface area contributed by atoms with E-state index < -0.39 is 5.97 Å². The maximum atomic E-state index is 12.1. The second-order valence-electron chi connectivity index (χ2n) is 6.64. The molecular formula is C22H28O2. The highest BCUT2D eigenvalue weighted by Gasteiger charge is 2.39. The number of rotatable bonds is 9. The molecule has 1 atom stereocenters. The third-order valence-electron chi connectivity index (χ3n) is 5.48. The molecule has 0 saturated heterocycles. The van der Waals surface area contributed by atoms with Crippen LogP contribution in [0.3, 0.4) is 0 Å². The molecule has 0 aliphatic rings. The van der Waals surface area contributed by atoms with E-state index in [2.05, 4.69) is 26.0 Å². The lowest BCUT2D eigenvalue weighted by Gasteiger charge is -2.38. The van der Waals surface area contributed by atoms with Gasteiger partial charge < -0.3 is 5.11 Å². The van der Waals surface area contributed by atoms with Crippen LogP contribution in [0.1, 0.15) is 44.2 Å². The fraction of sp³-hybridized carbons (Fsp3) is 0.409. The van der Waals surface area contributed by atoms with E-state index in [4.69, 9.17) is 0 Å². The van der Waals surface area contributed by atoms with E-state index >= 15 is 0 Å². The summed E-state index contributed by atoms with van der Waals surface area (Å²) in [4.78, 5) is 12.1. The van der Waals surface area contributed by atoms with Gasteiger partial charge in [0.1, 0.15) is 0 Å². The Morgan fingerprint density at radius 2 is 1.42 bits per heavy atom. The highest BCUT2D eigenvalue weighted by molar-refractivity contribution is 5.71. The number of carbonyl (C=O) groups is 1. The van der Waals surface area contributed by atoms with Crippen LogP contribution in [0.25, 0.3) is 0 Å². The zero-order chi connectivity index (χ0) is 17.4. The lowest BCUT2D eigenvalue weighted by molar-refractivity contribution is -0.147. The molecule has 2 rings (SSSR count). The fourth-order valence-electron chi connectivity index (χ4n) is 3.72. The lowest BCUT2D eigenvalue weighted by atomic mass is 9.66. The highest BCUT2D eigenvalue weighted by Crippen LogP contribution is 2.42. The van der Waals surface area contributed by atoms with Crippen molar-refractivity contribution in [2.24, 2.45) is 11.3 Å². The highest BCUT2D eigenvalue weighted by atomic mass is 16.4. The van der Waals surface area contributed by atoms with Gasteiger partial charge in [0.2, 0.25) is 0 Å². The van der Waals surface area contributed by atoms with Gasteiger partial charge in [-0.15, -0.1) is 0 Å². The Kier molecular flexibility index (Phi) is 6.60. The smallest absolute Gasteiger partial charge is 0.307 e. The van der Waals surface area contributed by atoms with Crippen LogP contribution in [0.2, 0.25) is 0 Å². The Morgan fingerprint density at radius 3 is 1.88 bits per heavy atom. The number of aliphatic carboxylic acids is 1. The number of carboxylic acids is 1. The van der Waals surface area contributed by atoms with Gasteiger partial charge in [0.25, 0.3) is 0 Å². The predicted molar refractivity (Wildman–Crippen MR) is 99.0 cm³/mol. The third kappa shape index (κ3) is 4.47. The average Bonchev–Trinajstić information content (AvgIpc) is 2.63. The van der Waals surface area contributed by atoms with Crippen LogP contribution in [-0.4, -0.2) is 11.1 Å². The van der Waals surface area contributed by atoms with Crippen LogP contribution in [0, 0.1) is 11.3 Å². The first-order valence-electron chi connectivity index (χ1n) is 8.92. The minimum absolute atomic E-state index is 0.169. The molecule has 1 unspecified atom stereocenters. The molecular weight excluding hydrogens is 296 g/mol. The topological polar surface area (TPSA) is 37.3 Å². The second-order valence-corrected chi connectivity index (χ2v) is 6.64. The van der Waals surface area contributed by atoms with Gasteiger partial charge in [-0.25, -0.2) is 0 Å². The van der Waals surface area contributed by atoms with Crippen molar-refractivity contribution >= 4 is 5.97 Å². The number of carboxylic acid groups (broad SMARTS) is 1. The van der Waals surface area contributed by atoms with Crippen molar-refractivity contribution in [1.29, 1.82) is 0 Å². The van der Waals surface area contributed by atoms with Gasteiger partial charge in [-0.2, -0.15) is 0 Å². The van der Waals surface area contributed by atoms with Gasteiger partial charge in [0.15, 0.2) is 0 Å². The van der Waals surface area contributed by atoms with Gasteiger partial charge >= 0.3 is 5.97 Å². The molecule has 2 aromatic carbocycles. The summed E-state index contributed by atoms with van der Waals surface area (Å²) in [5, 5.41) is 9.93. The molecule has 2 nitrogen and oxygen atoms in total. The van der Waals surface area contributed by atoms with Crippen molar-refractivity contribution in [3.05, 3.63) is 71.8 Å². The molecule has 0 saturated carbocycles. The molecule has 0 bridgehead atoms. The van der Waals surface area contributed by atoms with Crippen LogP contribution in [-0.2, 0) is 17.6 Å². The predicted octanol–water partition coefficient (Wildman–Crippen LogP) is 5.37. The van der Waals surface area contributed by atoms with Gasteiger partial charge in [-0.05, 0) is 48.6 Å². The molecule has 0 aromatic heterocycles. The van der Waals surface area contributed by atoms with Crippen LogP contribution < -0.4 is 0 Å². The van der Waals surface area contributed by atoms with E-state index in [9.17, 15) is 9.90 Å². The lowest BCUT2D eigenvalue weighted by Crippen LogP contribution is -2.37. The number of aryl methyl sites for hydroxylation is 1. The second kappa shape index (κ2) is 8.68. The Labute approximate surface area is 145 Å². The molecule has 0 amide bonds. The standard InChI is InChI=1S/C22H28O2/c1-3-22(4-2,16-15-18-11-7-5-8-12-18)20(21(23)24)17-19-13-9-6-10-14-19/h5-14,20H,3-4,15-17H2,1-2H3,(H,23,24). The quantitative estimate of drug-likeness (QED) is 0.673. The van der Waals surface area contributed by atoms with Crippen molar-refractivity contribution in [2.75, 3.05) is 0 Å². The van der Waals surface area contributed by atoms with Crippen LogP contribution in [0.15, 0.2) is 60.7 Å². The van der Waals surface area contributed by atoms with Crippen molar-refractivity contribution in [1.82, 2.24) is 0 Å². The summed E-state index contributed by atoms with van der Waals surface area (Å²) in [6.07, 6.45) is 4.22. The Bertz CT molecular complexity index is 615. The molecule has 0 aliphatic heterocycles. The molecule has 0 heterocycles. The minimum atomic E-state index is -0.671. The van der Waals surface area contributed by atoms with Crippen LogP contribution in [0.4, 0.5) is 0 Å². The van der Waals surface area contributed by atoms with Gasteiger partial charge in [0, 0.05) is 0 Å². The van der Waals surface area contributed by atoms with Gasteiger partial charge in [0.05, 0.1) is 5.92 Å². The normalized spacial score (nSPS) is 12.8. The van der Waals surface area contributed by atoms with Crippen LogP contribution >= 0.6 is 0 Å². The minimum Gasteiger partial charge on any atom is -0.481 e. The van der Waals surface area contributed by atoms with Crippen molar-refractivity contribution in [2.45, 2.75) is 46.0 Å². The van der Waals surface area contributed by atoms with E-state index in [0.29, 0.717) is 6.42 Å². The first-order chi connectivity index (χ1) is 11.6. The van der Waals surface area contributed by atoms with E-state index in [1.54, 1.807) is 0 Å². The van der Waals surface area contributed by atoms with Crippen molar-refractivity contribution in [3.63, 3.8) is 0 Å². The van der Waals surface area contributed by atoms with Crippen molar-refractivity contribution in [3.8, 4) is 0 Å². The summed E-state index contributed by atoms with van der Waals surface area (Å²) < 4.78 is 0. The number of benzene rings is 2. The molecule has 128 valence electrons. The summed E-state index contributed by atoms with van der Waals surface area (Å²) in [7, 11) is 0. The maximum absolute atomic E-state index is 12.1. The Morgan fingerprint density at radius 1 is 0.917 bits per heavy atom. The number of hydrogen-bond donors (Lipinski definition) is 1. The summed E-state index contributed by atoms with van der Waals surface area (Å²) in [6.45, 7) is 4.27. The zero-order valence-electron chi connectivity index (χ0n) is 14.7. The summed E-state index contributed by atoms with van der Waals surface area (Å²) in [5.41, 5.74) is 2.22. The van der Waals surface area contributed by atoms with Gasteiger partial charge in [-0.3, -0.25) is 4.79 Å². The molecule has 1 N–H and O–H groups in total. The molecule has 0 fully saturated rings. The third-order valence-corrected chi connectivity index (χ3v) is 5.48. The SMILES string of the molecule is CCC(CC)(CCc1ccccc1)C(Cc1ccccc1)C(=O)O. The number of hydrogen-bond acceptors (Lipinski definition) is 1. The summed E-state index contributed by atoms with van der Waals surface area (Å²) >= 11 is 0. The first kappa shape index (κ1) is 18.3. The maximum Gasteiger partial charge on any atom is 0.307 e. The Balaban J connectivity index is 2.21. The molecule has 0 aliphatic carbocycles. The fourth-order valence-corrected chi connectivity index (χ4v) is 3.72. The zero-order valence-corrected chi connectivity index (χ0v) is 14.7. The van der Waals surface area contributed by atoms with E-state index in [0.717, 1.165) is 31.2 Å². The van der Waals surface area contributed by atoms with E-state index in [-0.39, 0.29) is 11.3 Å². The largest absolute Gasteiger partial charge is 0.481 e. The molecule has 2 heteroatoms. The van der Waals surface area contributed by atoms with Crippen LogP contribution in [0.5, 0.6) is 0 Å². The molecule has 2 aromatic rings. The molecule has 0 radical (unpaired) electrons.